The largest absolute Gasteiger partial charge is 0.505 e. The first-order valence-electron chi connectivity index (χ1n) is 5.40. The van der Waals surface area contributed by atoms with Crippen molar-refractivity contribution in [3.8, 4) is 5.75 Å². The molecular weight excluding hydrogens is 289 g/mol. The van der Waals surface area contributed by atoms with E-state index in [4.69, 9.17) is 0 Å². The Morgan fingerprint density at radius 2 is 2.05 bits per heavy atom. The van der Waals surface area contributed by atoms with Gasteiger partial charge in [-0.2, -0.15) is 13.2 Å². The number of rotatable bonds is 4. The lowest BCUT2D eigenvalue weighted by atomic mass is 10.1. The molecule has 0 aliphatic carbocycles. The van der Waals surface area contributed by atoms with Crippen molar-refractivity contribution < 1.29 is 36.6 Å². The second-order valence-electron chi connectivity index (χ2n) is 3.68. The molecule has 0 amide bonds. The van der Waals surface area contributed by atoms with Gasteiger partial charge >= 0.3 is 12.1 Å². The van der Waals surface area contributed by atoms with E-state index < -0.39 is 47.7 Å². The number of aromatic hydroxyl groups is 1. The second-order valence-corrected chi connectivity index (χ2v) is 3.68. The van der Waals surface area contributed by atoms with Gasteiger partial charge in [0.25, 0.3) is 6.43 Å². The van der Waals surface area contributed by atoms with Gasteiger partial charge in [0.1, 0.15) is 0 Å². The van der Waals surface area contributed by atoms with Crippen molar-refractivity contribution >= 4 is 5.97 Å². The number of aromatic nitrogens is 1. The van der Waals surface area contributed by atoms with Crippen LogP contribution in [0, 0.1) is 0 Å². The molecule has 0 fully saturated rings. The number of nitrogens with zero attached hydrogens (tertiary/aromatic N) is 1. The van der Waals surface area contributed by atoms with E-state index in [0.29, 0.717) is 6.07 Å². The summed E-state index contributed by atoms with van der Waals surface area (Å²) in [5, 5.41) is 9.18. The molecule has 0 aliphatic heterocycles. The summed E-state index contributed by atoms with van der Waals surface area (Å²) in [7, 11) is 0. The summed E-state index contributed by atoms with van der Waals surface area (Å²) in [4.78, 5) is 14.1. The molecule has 1 N–H and O–H groups in total. The molecule has 0 spiro atoms. The fourth-order valence-corrected chi connectivity index (χ4v) is 1.43. The average Bonchev–Trinajstić information content (AvgIpc) is 2.29. The Bertz CT molecular complexity index is 502. The molecular formula is C11H10F5NO3. The molecule has 4 nitrogen and oxygen atoms in total. The van der Waals surface area contributed by atoms with Crippen molar-refractivity contribution in [1.82, 2.24) is 4.98 Å². The summed E-state index contributed by atoms with van der Waals surface area (Å²) >= 11 is 0. The number of halogens is 5. The molecule has 1 heterocycles. The average molecular weight is 299 g/mol. The molecule has 1 aromatic rings. The molecule has 1 aromatic heterocycles. The van der Waals surface area contributed by atoms with E-state index in [1.54, 1.807) is 0 Å². The Hall–Kier alpha value is -1.93. The molecule has 0 atom stereocenters. The number of hydrogen-bond acceptors (Lipinski definition) is 4. The zero-order valence-corrected chi connectivity index (χ0v) is 10.2. The fourth-order valence-electron chi connectivity index (χ4n) is 1.43. The monoisotopic (exact) mass is 299 g/mol. The molecule has 0 saturated heterocycles. The SMILES string of the molecule is CCOC(=O)Cc1cc(C(F)F)c(O)c(C(F)(F)F)n1. The lowest BCUT2D eigenvalue weighted by Gasteiger charge is -2.13. The zero-order valence-electron chi connectivity index (χ0n) is 10.2. The van der Waals surface area contributed by atoms with E-state index in [1.807, 2.05) is 0 Å². The van der Waals surface area contributed by atoms with Crippen molar-refractivity contribution in [3.63, 3.8) is 0 Å². The van der Waals surface area contributed by atoms with Crippen LogP contribution in [-0.4, -0.2) is 22.7 Å². The van der Waals surface area contributed by atoms with Crippen LogP contribution < -0.4 is 0 Å². The maximum Gasteiger partial charge on any atom is 0.437 e. The van der Waals surface area contributed by atoms with Gasteiger partial charge < -0.3 is 9.84 Å². The van der Waals surface area contributed by atoms with Gasteiger partial charge in [0.15, 0.2) is 11.4 Å². The van der Waals surface area contributed by atoms with Crippen molar-refractivity contribution in [2.75, 3.05) is 6.61 Å². The molecule has 0 saturated carbocycles. The second kappa shape index (κ2) is 6.02. The predicted molar refractivity (Wildman–Crippen MR) is 56.2 cm³/mol. The Kier molecular flexibility index (Phi) is 4.85. The van der Waals surface area contributed by atoms with Crippen LogP contribution in [0.15, 0.2) is 6.07 Å². The van der Waals surface area contributed by atoms with Crippen LogP contribution in [0.2, 0.25) is 0 Å². The third-order valence-corrected chi connectivity index (χ3v) is 2.21. The minimum absolute atomic E-state index is 0.00918. The summed E-state index contributed by atoms with van der Waals surface area (Å²) in [6.07, 6.45) is -9.14. The molecule has 1 rings (SSSR count). The lowest BCUT2D eigenvalue weighted by molar-refractivity contribution is -0.144. The fraction of sp³-hybridized carbons (Fsp3) is 0.455. The van der Waals surface area contributed by atoms with Gasteiger partial charge in [0.2, 0.25) is 0 Å². The van der Waals surface area contributed by atoms with E-state index in [-0.39, 0.29) is 6.61 Å². The van der Waals surface area contributed by atoms with Crippen LogP contribution in [0.25, 0.3) is 0 Å². The van der Waals surface area contributed by atoms with Gasteiger partial charge in [-0.05, 0) is 13.0 Å². The number of carbonyl (C=O) groups excluding carboxylic acids is 1. The first-order chi connectivity index (χ1) is 9.16. The van der Waals surface area contributed by atoms with Gasteiger partial charge in [0, 0.05) is 0 Å². The van der Waals surface area contributed by atoms with Crippen LogP contribution in [0.4, 0.5) is 22.0 Å². The van der Waals surface area contributed by atoms with Gasteiger partial charge in [-0.15, -0.1) is 0 Å². The molecule has 112 valence electrons. The number of ether oxygens (including phenoxy) is 1. The third kappa shape index (κ3) is 3.78. The molecule has 0 aromatic carbocycles. The first-order valence-corrected chi connectivity index (χ1v) is 5.40. The summed E-state index contributed by atoms with van der Waals surface area (Å²) in [6, 6.07) is 0.548. The van der Waals surface area contributed by atoms with Gasteiger partial charge in [-0.3, -0.25) is 4.79 Å². The van der Waals surface area contributed by atoms with Crippen molar-refractivity contribution in [3.05, 3.63) is 23.0 Å². The lowest BCUT2D eigenvalue weighted by Crippen LogP contribution is -2.15. The van der Waals surface area contributed by atoms with Crippen molar-refractivity contribution in [1.29, 1.82) is 0 Å². The minimum Gasteiger partial charge on any atom is -0.505 e. The standard InChI is InChI=1S/C11H10F5NO3/c1-2-20-7(18)4-5-3-6(10(12)13)8(19)9(17-5)11(14,15)16/h3,10,19H,2,4H2,1H3. The molecule has 0 radical (unpaired) electrons. The van der Waals surface area contributed by atoms with Crippen LogP contribution in [-0.2, 0) is 22.1 Å². The van der Waals surface area contributed by atoms with E-state index in [9.17, 15) is 31.9 Å². The maximum absolute atomic E-state index is 12.6. The van der Waals surface area contributed by atoms with Crippen LogP contribution >= 0.6 is 0 Å². The summed E-state index contributed by atoms with van der Waals surface area (Å²) in [5.74, 6) is -2.54. The Morgan fingerprint density at radius 1 is 1.45 bits per heavy atom. The highest BCUT2D eigenvalue weighted by atomic mass is 19.4. The topological polar surface area (TPSA) is 59.4 Å². The highest BCUT2D eigenvalue weighted by molar-refractivity contribution is 5.72. The van der Waals surface area contributed by atoms with Crippen LogP contribution in [0.5, 0.6) is 5.75 Å². The number of alkyl halides is 5. The molecule has 20 heavy (non-hydrogen) atoms. The van der Waals surface area contributed by atoms with Crippen LogP contribution in [0.1, 0.15) is 30.3 Å². The number of pyridine rings is 1. The van der Waals surface area contributed by atoms with Crippen molar-refractivity contribution in [2.24, 2.45) is 0 Å². The summed E-state index contributed by atoms with van der Waals surface area (Å²) in [5.41, 5.74) is -3.63. The Morgan fingerprint density at radius 3 is 2.50 bits per heavy atom. The highest BCUT2D eigenvalue weighted by Crippen LogP contribution is 2.39. The zero-order chi connectivity index (χ0) is 15.5. The summed E-state index contributed by atoms with van der Waals surface area (Å²) < 4.78 is 67.4. The molecule has 0 aliphatic rings. The van der Waals surface area contributed by atoms with Crippen molar-refractivity contribution in [2.45, 2.75) is 25.9 Å². The minimum atomic E-state index is -5.11. The number of carbonyl (C=O) groups is 1. The normalized spacial score (nSPS) is 11.8. The number of esters is 1. The van der Waals surface area contributed by atoms with E-state index in [2.05, 4.69) is 9.72 Å². The van der Waals surface area contributed by atoms with Gasteiger partial charge in [-0.1, -0.05) is 0 Å². The van der Waals surface area contributed by atoms with E-state index in [1.165, 1.54) is 6.92 Å². The highest BCUT2D eigenvalue weighted by Gasteiger charge is 2.38. The Balaban J connectivity index is 3.26. The third-order valence-electron chi connectivity index (χ3n) is 2.21. The molecule has 0 bridgehead atoms. The van der Waals surface area contributed by atoms with Gasteiger partial charge in [-0.25, -0.2) is 13.8 Å². The van der Waals surface area contributed by atoms with Gasteiger partial charge in [0.05, 0.1) is 24.3 Å². The first kappa shape index (κ1) is 16.1. The Labute approximate surface area is 110 Å². The quantitative estimate of drug-likeness (QED) is 0.686. The number of hydrogen-bond donors (Lipinski definition) is 1. The molecule has 0 unspecified atom stereocenters. The smallest absolute Gasteiger partial charge is 0.437 e. The summed E-state index contributed by atoms with van der Waals surface area (Å²) in [6.45, 7) is 1.47. The van der Waals surface area contributed by atoms with E-state index >= 15 is 0 Å². The maximum atomic E-state index is 12.6. The van der Waals surface area contributed by atoms with E-state index in [0.717, 1.165) is 0 Å². The predicted octanol–water partition coefficient (Wildman–Crippen LogP) is 2.85. The molecule has 9 heteroatoms. The van der Waals surface area contributed by atoms with Crippen LogP contribution in [0.3, 0.4) is 0 Å².